The summed E-state index contributed by atoms with van der Waals surface area (Å²) in [5.41, 5.74) is -0.360. The van der Waals surface area contributed by atoms with E-state index in [1.54, 1.807) is 17.6 Å². The standard InChI is InChI=1S/C15H19NO6/c1-2-14(19)10-7-11-15(21-5-6-22-15)3-4-16(11)12(17)9(10)8-20-13(14)18/h7,13,18-19H,2-6,8H2,1H3/t13?,14-/m0/s1. The molecule has 22 heavy (non-hydrogen) atoms. The summed E-state index contributed by atoms with van der Waals surface area (Å²) in [5.74, 6) is -0.897. The van der Waals surface area contributed by atoms with Crippen LogP contribution in [-0.2, 0) is 38.8 Å². The summed E-state index contributed by atoms with van der Waals surface area (Å²) in [4.78, 5) is 12.7. The zero-order valence-electron chi connectivity index (χ0n) is 12.4. The maximum absolute atomic E-state index is 12.7. The number of aromatic nitrogens is 1. The van der Waals surface area contributed by atoms with Crippen LogP contribution >= 0.6 is 0 Å². The predicted molar refractivity (Wildman–Crippen MR) is 73.9 cm³/mol. The molecule has 2 atom stereocenters. The lowest BCUT2D eigenvalue weighted by atomic mass is 9.85. The third-order valence-corrected chi connectivity index (χ3v) is 5.01. The lowest BCUT2D eigenvalue weighted by Crippen LogP contribution is -2.47. The van der Waals surface area contributed by atoms with Gasteiger partial charge in [0.1, 0.15) is 5.60 Å². The lowest BCUT2D eigenvalue weighted by Gasteiger charge is -2.38. The van der Waals surface area contributed by atoms with E-state index in [0.717, 1.165) is 0 Å². The van der Waals surface area contributed by atoms with Gasteiger partial charge in [0.05, 0.1) is 25.5 Å². The molecule has 1 aromatic heterocycles. The molecule has 0 radical (unpaired) electrons. The van der Waals surface area contributed by atoms with Crippen molar-refractivity contribution in [2.45, 2.75) is 50.6 Å². The van der Waals surface area contributed by atoms with Crippen LogP contribution in [0.15, 0.2) is 10.9 Å². The highest BCUT2D eigenvalue weighted by Crippen LogP contribution is 2.43. The molecule has 2 N–H and O–H groups in total. The van der Waals surface area contributed by atoms with Crippen LogP contribution in [0.4, 0.5) is 0 Å². The van der Waals surface area contributed by atoms with Crippen LogP contribution in [0.5, 0.6) is 0 Å². The van der Waals surface area contributed by atoms with Crippen molar-refractivity contribution in [2.24, 2.45) is 0 Å². The maximum Gasteiger partial charge on any atom is 0.256 e. The summed E-state index contributed by atoms with van der Waals surface area (Å²) in [6, 6.07) is 1.74. The molecule has 0 bridgehead atoms. The Morgan fingerprint density at radius 2 is 2.14 bits per heavy atom. The second-order valence-corrected chi connectivity index (χ2v) is 6.02. The van der Waals surface area contributed by atoms with Crippen molar-refractivity contribution >= 4 is 0 Å². The van der Waals surface area contributed by atoms with E-state index in [1.807, 2.05) is 0 Å². The van der Waals surface area contributed by atoms with Crippen LogP contribution in [0, 0.1) is 0 Å². The van der Waals surface area contributed by atoms with Gasteiger partial charge >= 0.3 is 0 Å². The third kappa shape index (κ3) is 1.65. The van der Waals surface area contributed by atoms with E-state index < -0.39 is 17.7 Å². The largest absolute Gasteiger partial charge is 0.380 e. The van der Waals surface area contributed by atoms with E-state index in [2.05, 4.69) is 0 Å². The van der Waals surface area contributed by atoms with Gasteiger partial charge in [-0.3, -0.25) is 4.79 Å². The van der Waals surface area contributed by atoms with Gasteiger partial charge in [0.25, 0.3) is 5.56 Å². The fourth-order valence-electron chi connectivity index (χ4n) is 3.68. The van der Waals surface area contributed by atoms with Gasteiger partial charge in [-0.25, -0.2) is 0 Å². The summed E-state index contributed by atoms with van der Waals surface area (Å²) < 4.78 is 18.3. The Balaban J connectivity index is 1.96. The number of aliphatic hydroxyl groups excluding tert-OH is 1. The minimum absolute atomic E-state index is 0.00730. The number of pyridine rings is 1. The molecule has 0 aliphatic carbocycles. The lowest BCUT2D eigenvalue weighted by molar-refractivity contribution is -0.236. The van der Waals surface area contributed by atoms with Crippen LogP contribution in [0.1, 0.15) is 36.6 Å². The van der Waals surface area contributed by atoms with Gasteiger partial charge in [-0.15, -0.1) is 0 Å². The van der Waals surface area contributed by atoms with Crippen LogP contribution in [-0.4, -0.2) is 34.3 Å². The number of rotatable bonds is 1. The number of fused-ring (bicyclic) bond motifs is 3. The molecule has 0 amide bonds. The molecule has 1 aromatic rings. The number of nitrogens with zero attached hydrogens (tertiary/aromatic N) is 1. The Morgan fingerprint density at radius 3 is 2.82 bits per heavy atom. The Hall–Kier alpha value is -1.25. The van der Waals surface area contributed by atoms with Gasteiger partial charge in [-0.1, -0.05) is 6.92 Å². The predicted octanol–water partition coefficient (Wildman–Crippen LogP) is -0.102. The molecule has 0 aromatic carbocycles. The van der Waals surface area contributed by atoms with Crippen molar-refractivity contribution in [1.29, 1.82) is 0 Å². The van der Waals surface area contributed by atoms with E-state index in [9.17, 15) is 15.0 Å². The fourth-order valence-corrected chi connectivity index (χ4v) is 3.68. The molecule has 4 rings (SSSR count). The average molecular weight is 309 g/mol. The Bertz CT molecular complexity index is 677. The Kier molecular flexibility index (Phi) is 3.02. The van der Waals surface area contributed by atoms with Crippen LogP contribution in [0.3, 0.4) is 0 Å². The number of aliphatic hydroxyl groups is 2. The van der Waals surface area contributed by atoms with E-state index in [4.69, 9.17) is 14.2 Å². The molecule has 1 saturated heterocycles. The van der Waals surface area contributed by atoms with Crippen molar-refractivity contribution < 1.29 is 24.4 Å². The second-order valence-electron chi connectivity index (χ2n) is 6.02. The first-order chi connectivity index (χ1) is 10.5. The zero-order chi connectivity index (χ0) is 15.5. The maximum atomic E-state index is 12.7. The molecule has 4 heterocycles. The molecule has 120 valence electrons. The van der Waals surface area contributed by atoms with Gasteiger partial charge in [-0.2, -0.15) is 0 Å². The molecule has 1 fully saturated rings. The zero-order valence-corrected chi connectivity index (χ0v) is 12.4. The highest BCUT2D eigenvalue weighted by atomic mass is 16.7. The van der Waals surface area contributed by atoms with E-state index in [0.29, 0.717) is 43.0 Å². The number of hydrogen-bond donors (Lipinski definition) is 2. The Labute approximate surface area is 127 Å². The first kappa shape index (κ1) is 14.3. The fraction of sp³-hybridized carbons (Fsp3) is 0.667. The van der Waals surface area contributed by atoms with Crippen molar-refractivity contribution in [3.8, 4) is 0 Å². The topological polar surface area (TPSA) is 90.2 Å². The summed E-state index contributed by atoms with van der Waals surface area (Å²) in [5, 5.41) is 20.8. The van der Waals surface area contributed by atoms with Gasteiger partial charge < -0.3 is 29.0 Å². The minimum atomic E-state index is -1.59. The van der Waals surface area contributed by atoms with Gasteiger partial charge in [0.2, 0.25) is 5.79 Å². The molecule has 7 heteroatoms. The van der Waals surface area contributed by atoms with E-state index in [1.165, 1.54) is 0 Å². The third-order valence-electron chi connectivity index (χ3n) is 5.01. The minimum Gasteiger partial charge on any atom is -0.380 e. The summed E-state index contributed by atoms with van der Waals surface area (Å²) in [6.07, 6.45) is -0.548. The first-order valence-electron chi connectivity index (χ1n) is 7.59. The van der Waals surface area contributed by atoms with Crippen molar-refractivity contribution in [3.63, 3.8) is 0 Å². The molecule has 1 spiro atoms. The monoisotopic (exact) mass is 309 g/mol. The average Bonchev–Trinajstić information content (AvgIpc) is 3.13. The molecule has 1 unspecified atom stereocenters. The quantitative estimate of drug-likeness (QED) is 0.753. The van der Waals surface area contributed by atoms with E-state index in [-0.39, 0.29) is 18.6 Å². The van der Waals surface area contributed by atoms with Gasteiger partial charge in [0, 0.05) is 24.1 Å². The Morgan fingerprint density at radius 1 is 1.41 bits per heavy atom. The smallest absolute Gasteiger partial charge is 0.256 e. The highest BCUT2D eigenvalue weighted by Gasteiger charge is 2.49. The molecule has 7 nitrogen and oxygen atoms in total. The molecule has 3 aliphatic heterocycles. The molecular formula is C15H19NO6. The first-order valence-corrected chi connectivity index (χ1v) is 7.59. The van der Waals surface area contributed by atoms with Gasteiger partial charge in [0.15, 0.2) is 6.29 Å². The number of hydrogen-bond acceptors (Lipinski definition) is 6. The molecule has 3 aliphatic rings. The van der Waals surface area contributed by atoms with Crippen molar-refractivity contribution in [3.05, 3.63) is 33.2 Å². The van der Waals surface area contributed by atoms with Crippen molar-refractivity contribution in [2.75, 3.05) is 13.2 Å². The number of ether oxygens (including phenoxy) is 3. The van der Waals surface area contributed by atoms with Crippen molar-refractivity contribution in [1.82, 2.24) is 4.57 Å². The molecular weight excluding hydrogens is 290 g/mol. The molecule has 0 saturated carbocycles. The summed E-state index contributed by atoms with van der Waals surface area (Å²) in [7, 11) is 0. The van der Waals surface area contributed by atoms with Crippen LogP contribution < -0.4 is 5.56 Å². The van der Waals surface area contributed by atoms with Crippen LogP contribution in [0.25, 0.3) is 0 Å². The van der Waals surface area contributed by atoms with Gasteiger partial charge in [-0.05, 0) is 12.5 Å². The summed E-state index contributed by atoms with van der Waals surface area (Å²) >= 11 is 0. The normalized spacial score (nSPS) is 32.2. The summed E-state index contributed by atoms with van der Waals surface area (Å²) in [6.45, 7) is 3.20. The van der Waals surface area contributed by atoms with Crippen LogP contribution in [0.2, 0.25) is 0 Å². The second kappa shape index (κ2) is 4.62. The SMILES string of the molecule is CC[C@]1(O)c2cc3n(c(=O)c2COC1O)CCC31OCCO1. The van der Waals surface area contributed by atoms with E-state index >= 15 is 0 Å². The highest BCUT2D eigenvalue weighted by molar-refractivity contribution is 5.37.